The Morgan fingerprint density at radius 3 is 2.71 bits per heavy atom. The van der Waals surface area contributed by atoms with E-state index in [2.05, 4.69) is 5.32 Å². The number of furan rings is 1. The van der Waals surface area contributed by atoms with Crippen molar-refractivity contribution in [1.82, 2.24) is 10.2 Å². The number of nitrogens with one attached hydrogen (secondary N) is 1. The van der Waals surface area contributed by atoms with E-state index in [1.165, 1.54) is 20.4 Å². The van der Waals surface area contributed by atoms with Crippen molar-refractivity contribution >= 4 is 17.8 Å². The fourth-order valence-corrected chi connectivity index (χ4v) is 3.39. The summed E-state index contributed by atoms with van der Waals surface area (Å²) < 4.78 is 10.2. The molecule has 2 saturated heterocycles. The van der Waals surface area contributed by atoms with Crippen LogP contribution in [0.25, 0.3) is 0 Å². The molecule has 7 heteroatoms. The number of nitrogens with zero attached hydrogens (tertiary/aromatic N) is 1. The highest BCUT2D eigenvalue weighted by Crippen LogP contribution is 2.48. The first kappa shape index (κ1) is 13.8. The van der Waals surface area contributed by atoms with Crippen LogP contribution in [0.15, 0.2) is 22.8 Å². The number of esters is 1. The van der Waals surface area contributed by atoms with Crippen LogP contribution < -0.4 is 5.32 Å². The first-order valence-corrected chi connectivity index (χ1v) is 6.62. The third kappa shape index (κ3) is 1.67. The Hall–Kier alpha value is -2.15. The Balaban J connectivity index is 2.10. The summed E-state index contributed by atoms with van der Waals surface area (Å²) in [6.07, 6.45) is 1.49. The number of imide groups is 1. The van der Waals surface area contributed by atoms with Crippen LogP contribution in [-0.2, 0) is 19.1 Å². The molecule has 2 amide bonds. The first-order valence-electron chi connectivity index (χ1n) is 6.62. The average molecular weight is 292 g/mol. The van der Waals surface area contributed by atoms with Gasteiger partial charge in [-0.05, 0) is 19.1 Å². The SMILES string of the molecule is COC(=O)[C@]1(C)N[C@H](c2ccco2)[C@H]2C(=O)N(C)C(=O)[C@H]21. The summed E-state index contributed by atoms with van der Waals surface area (Å²) in [5, 5.41) is 3.07. The number of ether oxygens (including phenoxy) is 1. The second-order valence-corrected chi connectivity index (χ2v) is 5.57. The highest BCUT2D eigenvalue weighted by atomic mass is 16.5. The number of amides is 2. The molecule has 1 aromatic heterocycles. The minimum atomic E-state index is -1.26. The van der Waals surface area contributed by atoms with Crippen LogP contribution in [0.5, 0.6) is 0 Å². The molecule has 0 spiro atoms. The molecule has 3 rings (SSSR count). The van der Waals surface area contributed by atoms with Gasteiger partial charge in [0.15, 0.2) is 0 Å². The van der Waals surface area contributed by atoms with Crippen molar-refractivity contribution in [2.24, 2.45) is 11.8 Å². The van der Waals surface area contributed by atoms with E-state index >= 15 is 0 Å². The summed E-state index contributed by atoms with van der Waals surface area (Å²) in [7, 11) is 2.69. The molecular weight excluding hydrogens is 276 g/mol. The predicted octanol–water partition coefficient (Wildman–Crippen LogP) is 0.0866. The van der Waals surface area contributed by atoms with Crippen molar-refractivity contribution in [2.75, 3.05) is 14.2 Å². The number of hydrogen-bond donors (Lipinski definition) is 1. The van der Waals surface area contributed by atoms with Crippen molar-refractivity contribution in [3.8, 4) is 0 Å². The highest BCUT2D eigenvalue weighted by molar-refractivity contribution is 6.09. The predicted molar refractivity (Wildman–Crippen MR) is 69.8 cm³/mol. The molecule has 112 valence electrons. The molecule has 0 aromatic carbocycles. The minimum absolute atomic E-state index is 0.313. The lowest BCUT2D eigenvalue weighted by Gasteiger charge is -2.27. The molecule has 4 atom stereocenters. The third-order valence-corrected chi connectivity index (χ3v) is 4.47. The number of likely N-dealkylation sites (tertiary alicyclic amines) is 1. The summed E-state index contributed by atoms with van der Waals surface area (Å²) in [6.45, 7) is 1.59. The van der Waals surface area contributed by atoms with Gasteiger partial charge in [0, 0.05) is 7.05 Å². The van der Waals surface area contributed by atoms with Crippen molar-refractivity contribution in [2.45, 2.75) is 18.5 Å². The topological polar surface area (TPSA) is 88.8 Å². The molecule has 0 aliphatic carbocycles. The Labute approximate surface area is 121 Å². The molecule has 1 N–H and O–H groups in total. The number of hydrogen-bond acceptors (Lipinski definition) is 6. The molecule has 0 unspecified atom stereocenters. The lowest BCUT2D eigenvalue weighted by Crippen LogP contribution is -2.53. The van der Waals surface area contributed by atoms with Gasteiger partial charge in [-0.2, -0.15) is 0 Å². The van der Waals surface area contributed by atoms with Crippen LogP contribution in [0.3, 0.4) is 0 Å². The number of rotatable bonds is 2. The van der Waals surface area contributed by atoms with E-state index in [1.54, 1.807) is 19.1 Å². The first-order chi connectivity index (χ1) is 9.91. The van der Waals surface area contributed by atoms with E-state index in [9.17, 15) is 14.4 Å². The van der Waals surface area contributed by atoms with Gasteiger partial charge in [-0.25, -0.2) is 0 Å². The fourth-order valence-electron chi connectivity index (χ4n) is 3.39. The van der Waals surface area contributed by atoms with Gasteiger partial charge in [0.05, 0.1) is 31.3 Å². The minimum Gasteiger partial charge on any atom is -0.468 e. The molecule has 3 heterocycles. The smallest absolute Gasteiger partial charge is 0.326 e. The number of carbonyl (C=O) groups excluding carboxylic acids is 3. The van der Waals surface area contributed by atoms with Crippen molar-refractivity contribution in [1.29, 1.82) is 0 Å². The lowest BCUT2D eigenvalue weighted by atomic mass is 9.81. The molecule has 2 fully saturated rings. The summed E-state index contributed by atoms with van der Waals surface area (Å²) in [4.78, 5) is 38.0. The Morgan fingerprint density at radius 1 is 1.43 bits per heavy atom. The van der Waals surface area contributed by atoms with Gasteiger partial charge in [-0.3, -0.25) is 24.6 Å². The van der Waals surface area contributed by atoms with Crippen molar-refractivity contribution in [3.05, 3.63) is 24.2 Å². The van der Waals surface area contributed by atoms with Crippen LogP contribution >= 0.6 is 0 Å². The van der Waals surface area contributed by atoms with Crippen molar-refractivity contribution in [3.63, 3.8) is 0 Å². The maximum Gasteiger partial charge on any atom is 0.326 e. The van der Waals surface area contributed by atoms with Gasteiger partial charge in [0.2, 0.25) is 11.8 Å². The van der Waals surface area contributed by atoms with Crippen molar-refractivity contribution < 1.29 is 23.5 Å². The number of methoxy groups -OCH3 is 1. The van der Waals surface area contributed by atoms with E-state index in [-0.39, 0.29) is 11.8 Å². The van der Waals surface area contributed by atoms with Gasteiger partial charge in [-0.1, -0.05) is 0 Å². The normalized spacial score (nSPS) is 35.2. The Kier molecular flexibility index (Phi) is 2.91. The molecule has 7 nitrogen and oxygen atoms in total. The zero-order chi connectivity index (χ0) is 15.4. The molecule has 2 aliphatic rings. The molecule has 0 saturated carbocycles. The summed E-state index contributed by atoms with van der Waals surface area (Å²) in [5.41, 5.74) is -1.26. The second kappa shape index (κ2) is 4.42. The van der Waals surface area contributed by atoms with E-state index < -0.39 is 29.4 Å². The maximum absolute atomic E-state index is 12.4. The van der Waals surface area contributed by atoms with Gasteiger partial charge in [0.1, 0.15) is 11.3 Å². The monoisotopic (exact) mass is 292 g/mol. The highest BCUT2D eigenvalue weighted by Gasteiger charge is 2.66. The van der Waals surface area contributed by atoms with Crippen LogP contribution in [0.4, 0.5) is 0 Å². The lowest BCUT2D eigenvalue weighted by molar-refractivity contribution is -0.152. The largest absolute Gasteiger partial charge is 0.468 e. The molecule has 1 aromatic rings. The van der Waals surface area contributed by atoms with E-state index in [0.29, 0.717) is 5.76 Å². The van der Waals surface area contributed by atoms with E-state index in [1.807, 2.05) is 0 Å². The zero-order valence-corrected chi connectivity index (χ0v) is 12.0. The van der Waals surface area contributed by atoms with E-state index in [4.69, 9.17) is 9.15 Å². The molecule has 0 radical (unpaired) electrons. The van der Waals surface area contributed by atoms with Gasteiger partial charge >= 0.3 is 5.97 Å². The molecule has 21 heavy (non-hydrogen) atoms. The van der Waals surface area contributed by atoms with Crippen LogP contribution in [0.2, 0.25) is 0 Å². The third-order valence-electron chi connectivity index (χ3n) is 4.47. The van der Waals surface area contributed by atoms with Gasteiger partial charge in [0.25, 0.3) is 0 Å². The molecular formula is C14H16N2O5. The summed E-state index contributed by atoms with van der Waals surface area (Å²) in [5.74, 6) is -2.20. The molecule has 0 bridgehead atoms. The van der Waals surface area contributed by atoms with Crippen LogP contribution in [0.1, 0.15) is 18.7 Å². The Morgan fingerprint density at radius 2 is 2.14 bits per heavy atom. The van der Waals surface area contributed by atoms with Crippen LogP contribution in [-0.4, -0.2) is 42.4 Å². The quantitative estimate of drug-likeness (QED) is 0.614. The fraction of sp³-hybridized carbons (Fsp3) is 0.500. The summed E-state index contributed by atoms with van der Waals surface area (Å²) in [6, 6.07) is 2.88. The number of fused-ring (bicyclic) bond motifs is 1. The van der Waals surface area contributed by atoms with Gasteiger partial charge in [-0.15, -0.1) is 0 Å². The van der Waals surface area contributed by atoms with E-state index in [0.717, 1.165) is 4.90 Å². The zero-order valence-electron chi connectivity index (χ0n) is 12.0. The standard InChI is InChI=1S/C14H16N2O5/c1-14(13(19)20-3)9-8(11(17)16(2)12(9)18)10(15-14)7-5-4-6-21-7/h4-6,8-10,15H,1-3H3/t8-,9-,10+,14+/m0/s1. The number of carbonyl (C=O) groups is 3. The Bertz CT molecular complexity index is 611. The molecule has 2 aliphatic heterocycles. The second-order valence-electron chi connectivity index (χ2n) is 5.57. The average Bonchev–Trinajstić information content (AvgIpc) is 3.14. The maximum atomic E-state index is 12.4. The van der Waals surface area contributed by atoms with Gasteiger partial charge < -0.3 is 9.15 Å². The summed E-state index contributed by atoms with van der Waals surface area (Å²) >= 11 is 0. The van der Waals surface area contributed by atoms with Crippen LogP contribution in [0, 0.1) is 11.8 Å².